The average Bonchev–Trinajstić information content (AvgIpc) is 2.90. The van der Waals surface area contributed by atoms with Gasteiger partial charge >= 0.3 is 0 Å². The van der Waals surface area contributed by atoms with E-state index in [2.05, 4.69) is 9.71 Å². The summed E-state index contributed by atoms with van der Waals surface area (Å²) in [5.41, 5.74) is 1.39. The zero-order valence-electron chi connectivity index (χ0n) is 10.7. The second-order valence-electron chi connectivity index (χ2n) is 4.10. The smallest absolute Gasteiger partial charge is 0.279 e. The van der Waals surface area contributed by atoms with E-state index in [1.54, 1.807) is 30.7 Å². The third-order valence-corrected chi connectivity index (χ3v) is 4.04. The van der Waals surface area contributed by atoms with Crippen LogP contribution in [0.15, 0.2) is 41.1 Å². The molecule has 19 heavy (non-hydrogen) atoms. The molecule has 0 aliphatic carbocycles. The van der Waals surface area contributed by atoms with Gasteiger partial charge in [0.15, 0.2) is 5.76 Å². The van der Waals surface area contributed by atoms with Crippen LogP contribution >= 0.6 is 0 Å². The van der Waals surface area contributed by atoms with Crippen molar-refractivity contribution in [2.45, 2.75) is 6.54 Å². The Morgan fingerprint density at radius 1 is 1.32 bits per heavy atom. The van der Waals surface area contributed by atoms with Gasteiger partial charge in [-0.2, -0.15) is 17.4 Å². The molecule has 7 heteroatoms. The van der Waals surface area contributed by atoms with Crippen molar-refractivity contribution in [1.29, 1.82) is 0 Å². The van der Waals surface area contributed by atoms with Crippen molar-refractivity contribution in [3.63, 3.8) is 0 Å². The lowest BCUT2D eigenvalue weighted by Crippen LogP contribution is -2.35. The molecule has 2 rings (SSSR count). The summed E-state index contributed by atoms with van der Waals surface area (Å²) in [5, 5.41) is 0. The van der Waals surface area contributed by atoms with E-state index in [0.717, 1.165) is 9.87 Å². The van der Waals surface area contributed by atoms with E-state index in [-0.39, 0.29) is 6.54 Å². The average molecular weight is 281 g/mol. The zero-order chi connectivity index (χ0) is 13.9. The lowest BCUT2D eigenvalue weighted by Gasteiger charge is -2.13. The molecule has 0 aliphatic heterocycles. The number of nitrogens with one attached hydrogen (secondary N) is 1. The fourth-order valence-corrected chi connectivity index (χ4v) is 2.11. The molecule has 0 bridgehead atoms. The van der Waals surface area contributed by atoms with E-state index in [9.17, 15) is 8.42 Å². The molecule has 0 saturated carbocycles. The molecule has 0 aliphatic rings. The van der Waals surface area contributed by atoms with Gasteiger partial charge in [-0.25, -0.2) is 0 Å². The highest BCUT2D eigenvalue weighted by molar-refractivity contribution is 7.87. The number of hydrogen-bond acceptors (Lipinski definition) is 4. The van der Waals surface area contributed by atoms with Gasteiger partial charge in [0.2, 0.25) is 0 Å². The maximum absolute atomic E-state index is 11.7. The highest BCUT2D eigenvalue weighted by atomic mass is 32.2. The third-order valence-electron chi connectivity index (χ3n) is 2.57. The van der Waals surface area contributed by atoms with Crippen molar-refractivity contribution in [3.05, 3.63) is 42.3 Å². The van der Waals surface area contributed by atoms with Crippen LogP contribution in [0.1, 0.15) is 5.56 Å². The Morgan fingerprint density at radius 2 is 2.11 bits per heavy atom. The van der Waals surface area contributed by atoms with Crippen molar-refractivity contribution >= 4 is 10.2 Å². The van der Waals surface area contributed by atoms with Gasteiger partial charge in [0.25, 0.3) is 10.2 Å². The molecule has 0 spiro atoms. The molecule has 0 aromatic carbocycles. The summed E-state index contributed by atoms with van der Waals surface area (Å²) in [4.78, 5) is 4.22. The molecule has 0 atom stereocenters. The Kier molecular flexibility index (Phi) is 3.98. The Hall–Kier alpha value is -1.70. The Morgan fingerprint density at radius 3 is 2.74 bits per heavy atom. The molecule has 0 amide bonds. The van der Waals surface area contributed by atoms with Gasteiger partial charge in [0.05, 0.1) is 6.26 Å². The van der Waals surface area contributed by atoms with E-state index >= 15 is 0 Å². The minimum absolute atomic E-state index is 0.157. The highest BCUT2D eigenvalue weighted by Crippen LogP contribution is 2.21. The standard InChI is InChI=1S/C12H15N3O3S/c1-15(2)19(16,17)14-9-10-5-3-7-13-12(10)11-6-4-8-18-11/h3-8,14H,9H2,1-2H3. The predicted octanol–water partition coefficient (Wildman–Crippen LogP) is 1.24. The van der Waals surface area contributed by atoms with E-state index in [1.165, 1.54) is 14.1 Å². The molecule has 102 valence electrons. The van der Waals surface area contributed by atoms with Crippen molar-refractivity contribution in [2.75, 3.05) is 14.1 Å². The largest absolute Gasteiger partial charge is 0.463 e. The molecule has 2 heterocycles. The lowest BCUT2D eigenvalue weighted by molar-refractivity contribution is 0.505. The topological polar surface area (TPSA) is 75.4 Å². The number of furan rings is 1. The first-order valence-electron chi connectivity index (χ1n) is 5.65. The molecule has 0 fully saturated rings. The minimum Gasteiger partial charge on any atom is -0.463 e. The van der Waals surface area contributed by atoms with Gasteiger partial charge in [0.1, 0.15) is 5.69 Å². The van der Waals surface area contributed by atoms with Crippen LogP contribution < -0.4 is 4.72 Å². The van der Waals surface area contributed by atoms with Crippen LogP contribution in [0.5, 0.6) is 0 Å². The molecule has 0 saturated heterocycles. The van der Waals surface area contributed by atoms with Gasteiger partial charge in [-0.1, -0.05) is 6.07 Å². The van der Waals surface area contributed by atoms with Gasteiger partial charge in [-0.15, -0.1) is 0 Å². The fraction of sp³-hybridized carbons (Fsp3) is 0.250. The quantitative estimate of drug-likeness (QED) is 0.894. The van der Waals surface area contributed by atoms with Crippen LogP contribution in [0.3, 0.4) is 0 Å². The Labute approximate surface area is 112 Å². The third kappa shape index (κ3) is 3.19. The van der Waals surface area contributed by atoms with Gasteiger partial charge < -0.3 is 4.42 Å². The molecular weight excluding hydrogens is 266 g/mol. The van der Waals surface area contributed by atoms with Gasteiger partial charge in [0, 0.05) is 26.8 Å². The second-order valence-corrected chi connectivity index (χ2v) is 6.07. The highest BCUT2D eigenvalue weighted by Gasteiger charge is 2.15. The molecule has 0 unspecified atom stereocenters. The summed E-state index contributed by atoms with van der Waals surface area (Å²) in [5.74, 6) is 0.611. The van der Waals surface area contributed by atoms with E-state index < -0.39 is 10.2 Å². The normalized spacial score (nSPS) is 11.9. The number of aromatic nitrogens is 1. The Balaban J connectivity index is 2.23. The first-order chi connectivity index (χ1) is 9.00. The lowest BCUT2D eigenvalue weighted by atomic mass is 10.1. The minimum atomic E-state index is -3.46. The SMILES string of the molecule is CN(C)S(=O)(=O)NCc1cccnc1-c1ccco1. The van der Waals surface area contributed by atoms with Gasteiger partial charge in [-0.05, 0) is 23.8 Å². The number of rotatable bonds is 5. The van der Waals surface area contributed by atoms with Crippen LogP contribution in [0, 0.1) is 0 Å². The van der Waals surface area contributed by atoms with Crippen LogP contribution in [-0.2, 0) is 16.8 Å². The monoisotopic (exact) mass is 281 g/mol. The number of hydrogen-bond donors (Lipinski definition) is 1. The number of nitrogens with zero attached hydrogens (tertiary/aromatic N) is 2. The van der Waals surface area contributed by atoms with Crippen LogP contribution in [-0.4, -0.2) is 31.8 Å². The molecule has 2 aromatic heterocycles. The van der Waals surface area contributed by atoms with E-state index in [4.69, 9.17) is 4.42 Å². The fourth-order valence-electron chi connectivity index (χ4n) is 1.51. The second kappa shape index (κ2) is 5.52. The first-order valence-corrected chi connectivity index (χ1v) is 7.09. The number of pyridine rings is 1. The van der Waals surface area contributed by atoms with Crippen LogP contribution in [0.4, 0.5) is 0 Å². The summed E-state index contributed by atoms with van der Waals surface area (Å²) >= 11 is 0. The van der Waals surface area contributed by atoms with E-state index in [0.29, 0.717) is 11.5 Å². The van der Waals surface area contributed by atoms with Crippen molar-refractivity contribution in [1.82, 2.24) is 14.0 Å². The maximum Gasteiger partial charge on any atom is 0.279 e. The maximum atomic E-state index is 11.7. The Bertz CT molecular complexity index is 636. The summed E-state index contributed by atoms with van der Waals surface area (Å²) in [6.07, 6.45) is 3.19. The summed E-state index contributed by atoms with van der Waals surface area (Å²) < 4.78 is 32.2. The molecular formula is C12H15N3O3S. The van der Waals surface area contributed by atoms with Crippen molar-refractivity contribution < 1.29 is 12.8 Å². The predicted molar refractivity (Wildman–Crippen MR) is 71.4 cm³/mol. The van der Waals surface area contributed by atoms with Crippen LogP contribution in [0.25, 0.3) is 11.5 Å². The van der Waals surface area contributed by atoms with Crippen LogP contribution in [0.2, 0.25) is 0 Å². The molecule has 1 N–H and O–H groups in total. The zero-order valence-corrected chi connectivity index (χ0v) is 11.5. The molecule has 6 nitrogen and oxygen atoms in total. The molecule has 0 radical (unpaired) electrons. The van der Waals surface area contributed by atoms with Gasteiger partial charge in [-0.3, -0.25) is 4.98 Å². The first kappa shape index (κ1) is 13.7. The van der Waals surface area contributed by atoms with E-state index in [1.807, 2.05) is 6.07 Å². The molecule has 2 aromatic rings. The van der Waals surface area contributed by atoms with Crippen molar-refractivity contribution in [3.8, 4) is 11.5 Å². The summed E-state index contributed by atoms with van der Waals surface area (Å²) in [7, 11) is -0.515. The van der Waals surface area contributed by atoms with Crippen molar-refractivity contribution in [2.24, 2.45) is 0 Å². The summed E-state index contributed by atoms with van der Waals surface area (Å²) in [6.45, 7) is 0.157. The summed E-state index contributed by atoms with van der Waals surface area (Å²) in [6, 6.07) is 7.11.